The second-order valence-electron chi connectivity index (χ2n) is 7.15. The summed E-state index contributed by atoms with van der Waals surface area (Å²) in [6.07, 6.45) is 4.35. The first kappa shape index (κ1) is 17.5. The summed E-state index contributed by atoms with van der Waals surface area (Å²) >= 11 is 0. The molecule has 0 fully saturated rings. The van der Waals surface area contributed by atoms with Crippen LogP contribution in [0, 0.1) is 35.5 Å². The number of hydrogen-bond acceptors (Lipinski definition) is 4. The van der Waals surface area contributed by atoms with E-state index in [1.807, 2.05) is 26.0 Å². The molecule has 136 valence electrons. The molecule has 1 aromatic carbocycles. The maximum Gasteiger partial charge on any atom is 0.280 e. The number of nitriles is 2. The summed E-state index contributed by atoms with van der Waals surface area (Å²) in [5.41, 5.74) is 4.66. The number of aromatic nitrogens is 1. The molecule has 0 saturated carbocycles. The van der Waals surface area contributed by atoms with Gasteiger partial charge in [-0.2, -0.15) is 10.5 Å². The summed E-state index contributed by atoms with van der Waals surface area (Å²) < 4.78 is 0. The number of aliphatic imine (C=N–C) groups is 1. The maximum absolute atomic E-state index is 12.7. The number of rotatable bonds is 2. The Morgan fingerprint density at radius 2 is 2.00 bits per heavy atom. The zero-order chi connectivity index (χ0) is 20.0. The van der Waals surface area contributed by atoms with Crippen LogP contribution in [-0.4, -0.2) is 21.7 Å². The highest BCUT2D eigenvalue weighted by molar-refractivity contribution is 6.30. The second-order valence-corrected chi connectivity index (χ2v) is 7.15. The van der Waals surface area contributed by atoms with Crippen LogP contribution in [0.5, 0.6) is 5.88 Å². The maximum atomic E-state index is 12.7. The van der Waals surface area contributed by atoms with E-state index < -0.39 is 5.91 Å². The van der Waals surface area contributed by atoms with Crippen molar-refractivity contribution in [1.82, 2.24) is 4.98 Å². The minimum Gasteiger partial charge on any atom is -0.494 e. The Bertz CT molecular complexity index is 1210. The molecule has 0 radical (unpaired) electrons. The summed E-state index contributed by atoms with van der Waals surface area (Å²) in [5.74, 6) is -0.467. The smallest absolute Gasteiger partial charge is 0.280 e. The molecule has 2 aliphatic rings. The molecule has 1 atom stereocenters. The van der Waals surface area contributed by atoms with Gasteiger partial charge in [-0.1, -0.05) is 13.0 Å². The minimum absolute atomic E-state index is 0.141. The van der Waals surface area contributed by atoms with Gasteiger partial charge in [0.15, 0.2) is 5.88 Å². The number of aryl methyl sites for hydroxylation is 1. The van der Waals surface area contributed by atoms with E-state index in [1.165, 1.54) is 0 Å². The fourth-order valence-corrected chi connectivity index (χ4v) is 3.79. The van der Waals surface area contributed by atoms with Gasteiger partial charge in [0.2, 0.25) is 0 Å². The van der Waals surface area contributed by atoms with Crippen molar-refractivity contribution >= 4 is 17.2 Å². The molecule has 0 saturated heterocycles. The number of H-pyrrole nitrogens is 1. The number of fused-ring (bicyclic) bond motifs is 1. The molecule has 1 aliphatic heterocycles. The van der Waals surface area contributed by atoms with E-state index in [9.17, 15) is 20.4 Å². The van der Waals surface area contributed by atoms with Gasteiger partial charge in [-0.15, -0.1) is 0 Å². The average Bonchev–Trinajstić information content (AvgIpc) is 3.19. The van der Waals surface area contributed by atoms with Crippen molar-refractivity contribution in [2.45, 2.75) is 20.3 Å². The highest BCUT2D eigenvalue weighted by Crippen LogP contribution is 2.38. The number of aromatic hydroxyl groups is 1. The molecule has 1 aromatic heterocycles. The molecule has 6 nitrogen and oxygen atoms in total. The fraction of sp³-hybridized carbons (Fsp3) is 0.182. The lowest BCUT2D eigenvalue weighted by molar-refractivity contribution is 0.101. The van der Waals surface area contributed by atoms with Crippen LogP contribution in [-0.2, 0) is 0 Å². The van der Waals surface area contributed by atoms with Gasteiger partial charge in [0.25, 0.3) is 5.91 Å². The van der Waals surface area contributed by atoms with Gasteiger partial charge in [-0.3, -0.25) is 4.79 Å². The largest absolute Gasteiger partial charge is 0.494 e. The summed E-state index contributed by atoms with van der Waals surface area (Å²) in [6.45, 7) is 3.85. The van der Waals surface area contributed by atoms with Gasteiger partial charge in [0.1, 0.15) is 0 Å². The number of hydrogen-bond donors (Lipinski definition) is 2. The fourth-order valence-electron chi connectivity index (χ4n) is 3.79. The Labute approximate surface area is 161 Å². The van der Waals surface area contributed by atoms with Crippen LogP contribution in [0.1, 0.15) is 51.7 Å². The number of amides is 1. The van der Waals surface area contributed by atoms with Gasteiger partial charge < -0.3 is 10.1 Å². The van der Waals surface area contributed by atoms with E-state index in [0.717, 1.165) is 5.56 Å². The van der Waals surface area contributed by atoms with Gasteiger partial charge in [0, 0.05) is 11.1 Å². The van der Waals surface area contributed by atoms with E-state index in [-0.39, 0.29) is 11.8 Å². The van der Waals surface area contributed by atoms with E-state index in [4.69, 9.17) is 0 Å². The van der Waals surface area contributed by atoms with Crippen molar-refractivity contribution in [2.24, 2.45) is 10.9 Å². The summed E-state index contributed by atoms with van der Waals surface area (Å²) in [6, 6.07) is 9.48. The van der Waals surface area contributed by atoms with E-state index in [0.29, 0.717) is 51.2 Å². The molecule has 1 amide bonds. The van der Waals surface area contributed by atoms with Crippen LogP contribution in [0.3, 0.4) is 0 Å². The summed E-state index contributed by atoms with van der Waals surface area (Å²) in [7, 11) is 0. The molecular weight excluding hydrogens is 352 g/mol. The Hall–Kier alpha value is -3.90. The van der Waals surface area contributed by atoms with Crippen molar-refractivity contribution in [3.8, 4) is 18.0 Å². The third-order valence-electron chi connectivity index (χ3n) is 4.89. The molecule has 28 heavy (non-hydrogen) atoms. The lowest BCUT2D eigenvalue weighted by Gasteiger charge is -2.14. The van der Waals surface area contributed by atoms with Crippen molar-refractivity contribution in [2.75, 3.05) is 0 Å². The number of nitrogens with zero attached hydrogens (tertiary/aromatic N) is 3. The second kappa shape index (κ2) is 6.37. The van der Waals surface area contributed by atoms with Crippen LogP contribution < -0.4 is 0 Å². The van der Waals surface area contributed by atoms with Gasteiger partial charge in [-0.25, -0.2) is 4.99 Å². The molecule has 2 heterocycles. The van der Waals surface area contributed by atoms with Crippen LogP contribution in [0.15, 0.2) is 40.9 Å². The molecular formula is C22H16N4O2. The molecule has 4 rings (SSSR count). The molecule has 1 aliphatic carbocycles. The van der Waals surface area contributed by atoms with Crippen molar-refractivity contribution < 1.29 is 9.90 Å². The zero-order valence-corrected chi connectivity index (χ0v) is 15.4. The first-order valence-electron chi connectivity index (χ1n) is 8.84. The predicted molar refractivity (Wildman–Crippen MR) is 104 cm³/mol. The molecule has 0 spiro atoms. The van der Waals surface area contributed by atoms with E-state index in [1.54, 1.807) is 18.2 Å². The van der Waals surface area contributed by atoms with E-state index in [2.05, 4.69) is 22.1 Å². The number of aromatic amines is 1. The van der Waals surface area contributed by atoms with Crippen LogP contribution in [0.2, 0.25) is 0 Å². The normalized spacial score (nSPS) is 17.9. The Morgan fingerprint density at radius 1 is 1.21 bits per heavy atom. The minimum atomic E-state index is -0.456. The summed E-state index contributed by atoms with van der Waals surface area (Å²) in [5, 5.41) is 29.0. The van der Waals surface area contributed by atoms with Crippen molar-refractivity contribution in [1.29, 1.82) is 10.5 Å². The first-order chi connectivity index (χ1) is 13.4. The zero-order valence-electron chi connectivity index (χ0n) is 15.4. The quantitative estimate of drug-likeness (QED) is 0.840. The Balaban J connectivity index is 1.88. The number of allylic oxidation sites excluding steroid dienone is 4. The summed E-state index contributed by atoms with van der Waals surface area (Å²) in [4.78, 5) is 19.7. The Kier molecular flexibility index (Phi) is 3.98. The standard InChI is InChI=1S/C22H16N4O2/c1-11-3-13(9-23)7-15(5-11)19-17-18(22(28)25-19)20(26-21(17)27)16-6-12(2)4-14(8-16)10-24/h3,5-8,12,26-27H,4H2,1-2H3. The predicted octanol–water partition coefficient (Wildman–Crippen LogP) is 3.76. The van der Waals surface area contributed by atoms with Gasteiger partial charge >= 0.3 is 0 Å². The highest BCUT2D eigenvalue weighted by atomic mass is 16.3. The highest BCUT2D eigenvalue weighted by Gasteiger charge is 2.34. The van der Waals surface area contributed by atoms with Gasteiger partial charge in [0.05, 0.1) is 40.2 Å². The topological polar surface area (TPSA) is 113 Å². The number of nitrogens with one attached hydrogen (secondary N) is 1. The number of carbonyl (C=O) groups is 1. The lowest BCUT2D eigenvalue weighted by atomic mass is 9.89. The van der Waals surface area contributed by atoms with Crippen molar-refractivity contribution in [3.63, 3.8) is 0 Å². The molecule has 2 N–H and O–H groups in total. The average molecular weight is 368 g/mol. The molecule has 0 bridgehead atoms. The van der Waals surface area contributed by atoms with Gasteiger partial charge in [-0.05, 0) is 54.7 Å². The monoisotopic (exact) mass is 368 g/mol. The van der Waals surface area contributed by atoms with Crippen LogP contribution in [0.25, 0.3) is 5.57 Å². The molecule has 6 heteroatoms. The number of benzene rings is 1. The first-order valence-corrected chi connectivity index (χ1v) is 8.84. The third-order valence-corrected chi connectivity index (χ3v) is 4.89. The lowest BCUT2D eigenvalue weighted by Crippen LogP contribution is -2.03. The SMILES string of the molecule is Cc1cc(C#N)cc(C2=NC(=O)c3c(C4=CC(C)CC(C#N)=C4)[nH]c(O)c32)c1. The molecule has 1 unspecified atom stereocenters. The van der Waals surface area contributed by atoms with Crippen LogP contribution >= 0.6 is 0 Å². The van der Waals surface area contributed by atoms with Crippen molar-refractivity contribution in [3.05, 3.63) is 69.4 Å². The van der Waals surface area contributed by atoms with Crippen LogP contribution in [0.4, 0.5) is 0 Å². The third kappa shape index (κ3) is 2.72. The van der Waals surface area contributed by atoms with E-state index >= 15 is 0 Å². The number of carbonyl (C=O) groups excluding carboxylic acids is 1. The Morgan fingerprint density at radius 3 is 2.71 bits per heavy atom. The molecule has 2 aromatic rings.